The molecule has 0 aromatic rings. The number of ketones is 1. The van der Waals surface area contributed by atoms with Gasteiger partial charge in [0.1, 0.15) is 5.78 Å². The molecule has 31 heavy (non-hydrogen) atoms. The lowest BCUT2D eigenvalue weighted by molar-refractivity contribution is -0.184. The van der Waals surface area contributed by atoms with Crippen LogP contribution in [-0.4, -0.2) is 5.78 Å². The molecule has 1 nitrogen and oxygen atoms in total. The molecule has 0 bridgehead atoms. The monoisotopic (exact) mass is 424 g/mol. The standard InChI is InChI=1S/C30H48O/c1-19(2)20-9-10-21-22-11-12-24-28(6)15-14-25(31)26(3,4)23(28)13-16-30(24,8)29(22,7)18-17-27(20,21)5/h19-20,23-24H,9-18H2,1-8H3. The maximum Gasteiger partial charge on any atom is 0.138 e. The number of hydrogen-bond donors (Lipinski definition) is 0. The highest BCUT2D eigenvalue weighted by atomic mass is 16.1. The molecule has 0 aromatic heterocycles. The van der Waals surface area contributed by atoms with E-state index in [4.69, 9.17) is 0 Å². The van der Waals surface area contributed by atoms with Crippen LogP contribution in [0.15, 0.2) is 11.1 Å². The van der Waals surface area contributed by atoms with Crippen LogP contribution in [0.5, 0.6) is 0 Å². The second-order valence-corrected chi connectivity index (χ2v) is 14.3. The van der Waals surface area contributed by atoms with E-state index in [2.05, 4.69) is 55.4 Å². The van der Waals surface area contributed by atoms with Crippen molar-refractivity contribution in [3.05, 3.63) is 11.1 Å². The molecule has 0 radical (unpaired) electrons. The largest absolute Gasteiger partial charge is 0.299 e. The Hall–Kier alpha value is -0.590. The first-order valence-electron chi connectivity index (χ1n) is 13.6. The van der Waals surface area contributed by atoms with Gasteiger partial charge in [-0.2, -0.15) is 0 Å². The summed E-state index contributed by atoms with van der Waals surface area (Å²) in [4.78, 5) is 12.9. The van der Waals surface area contributed by atoms with Gasteiger partial charge in [0, 0.05) is 11.8 Å². The Morgan fingerprint density at radius 2 is 1.42 bits per heavy atom. The molecule has 1 heteroatoms. The molecule has 7 unspecified atom stereocenters. The van der Waals surface area contributed by atoms with E-state index in [0.29, 0.717) is 33.4 Å². The maximum absolute atomic E-state index is 12.9. The van der Waals surface area contributed by atoms with Crippen molar-refractivity contribution in [2.24, 2.45) is 50.7 Å². The molecular weight excluding hydrogens is 376 g/mol. The molecule has 0 saturated heterocycles. The summed E-state index contributed by atoms with van der Waals surface area (Å²) in [5.41, 5.74) is 5.26. The van der Waals surface area contributed by atoms with E-state index in [-0.39, 0.29) is 5.41 Å². The number of hydrogen-bond acceptors (Lipinski definition) is 1. The number of rotatable bonds is 1. The fourth-order valence-electron chi connectivity index (χ4n) is 11.0. The summed E-state index contributed by atoms with van der Waals surface area (Å²) in [6.07, 6.45) is 12.8. The van der Waals surface area contributed by atoms with Crippen molar-refractivity contribution in [2.45, 2.75) is 120 Å². The fraction of sp³-hybridized carbons (Fsp3) is 0.900. The van der Waals surface area contributed by atoms with Crippen LogP contribution in [0.3, 0.4) is 0 Å². The Labute approximate surface area is 192 Å². The minimum Gasteiger partial charge on any atom is -0.299 e. The lowest BCUT2D eigenvalue weighted by Gasteiger charge is -2.70. The van der Waals surface area contributed by atoms with Crippen molar-refractivity contribution in [1.29, 1.82) is 0 Å². The van der Waals surface area contributed by atoms with Crippen LogP contribution in [0.2, 0.25) is 0 Å². The normalized spacial score (nSPS) is 51.3. The van der Waals surface area contributed by atoms with Crippen molar-refractivity contribution in [2.75, 3.05) is 0 Å². The highest BCUT2D eigenvalue weighted by Crippen LogP contribution is 2.75. The minimum atomic E-state index is -0.130. The maximum atomic E-state index is 12.9. The van der Waals surface area contributed by atoms with Crippen molar-refractivity contribution in [3.63, 3.8) is 0 Å². The summed E-state index contributed by atoms with van der Waals surface area (Å²) in [6.45, 7) is 20.1. The van der Waals surface area contributed by atoms with Crippen molar-refractivity contribution >= 4 is 5.78 Å². The summed E-state index contributed by atoms with van der Waals surface area (Å²) in [5.74, 6) is 3.55. The molecule has 174 valence electrons. The molecular formula is C30H48O. The molecule has 0 spiro atoms. The summed E-state index contributed by atoms with van der Waals surface area (Å²) in [7, 11) is 0. The number of Topliss-reactive ketones (excluding diaryl/α,β-unsaturated/α-hetero) is 1. The molecule has 0 aliphatic heterocycles. The Morgan fingerprint density at radius 1 is 0.742 bits per heavy atom. The molecule has 0 N–H and O–H groups in total. The quantitative estimate of drug-likeness (QED) is 0.386. The van der Waals surface area contributed by atoms with Crippen LogP contribution in [0.25, 0.3) is 0 Å². The third-order valence-electron chi connectivity index (χ3n) is 12.9. The average Bonchev–Trinajstić information content (AvgIpc) is 3.03. The van der Waals surface area contributed by atoms with E-state index < -0.39 is 0 Å². The molecule has 4 fully saturated rings. The summed E-state index contributed by atoms with van der Waals surface area (Å²) < 4.78 is 0. The summed E-state index contributed by atoms with van der Waals surface area (Å²) >= 11 is 0. The van der Waals surface area contributed by atoms with Gasteiger partial charge in [-0.05, 0) is 103 Å². The predicted octanol–water partition coefficient (Wildman–Crippen LogP) is 8.38. The van der Waals surface area contributed by atoms with Gasteiger partial charge >= 0.3 is 0 Å². The highest BCUT2D eigenvalue weighted by Gasteiger charge is 2.67. The predicted molar refractivity (Wildman–Crippen MR) is 130 cm³/mol. The molecule has 0 amide bonds. The summed E-state index contributed by atoms with van der Waals surface area (Å²) in [5, 5.41) is 0. The fourth-order valence-corrected chi connectivity index (χ4v) is 11.0. The van der Waals surface area contributed by atoms with Gasteiger partial charge in [0.05, 0.1) is 0 Å². The third kappa shape index (κ3) is 2.53. The molecule has 7 atom stereocenters. The SMILES string of the molecule is CC(C)C1CCC2=C3CCC4C5(C)CCC(=O)C(C)(C)C5CCC4(C)C3(C)CCC21C. The first-order chi connectivity index (χ1) is 14.3. The molecule has 0 aromatic carbocycles. The third-order valence-corrected chi connectivity index (χ3v) is 12.9. The molecule has 5 aliphatic carbocycles. The van der Waals surface area contributed by atoms with Gasteiger partial charge in [0.15, 0.2) is 0 Å². The van der Waals surface area contributed by atoms with Crippen LogP contribution < -0.4 is 0 Å². The van der Waals surface area contributed by atoms with Gasteiger partial charge in [-0.1, -0.05) is 66.5 Å². The molecule has 5 aliphatic rings. The second-order valence-electron chi connectivity index (χ2n) is 14.3. The van der Waals surface area contributed by atoms with Crippen LogP contribution in [0, 0.1) is 50.7 Å². The number of carbonyl (C=O) groups is 1. The van der Waals surface area contributed by atoms with Crippen LogP contribution in [0.4, 0.5) is 0 Å². The van der Waals surface area contributed by atoms with Crippen molar-refractivity contribution < 1.29 is 4.79 Å². The number of fused-ring (bicyclic) bond motifs is 6. The molecule has 5 rings (SSSR count). The Kier molecular flexibility index (Phi) is 4.66. The number of allylic oxidation sites excluding steroid dienone is 2. The molecule has 4 saturated carbocycles. The first-order valence-corrected chi connectivity index (χ1v) is 13.6. The van der Waals surface area contributed by atoms with E-state index in [1.54, 1.807) is 0 Å². The van der Waals surface area contributed by atoms with Crippen molar-refractivity contribution in [3.8, 4) is 0 Å². The van der Waals surface area contributed by atoms with Gasteiger partial charge in [-0.25, -0.2) is 0 Å². The van der Waals surface area contributed by atoms with Crippen molar-refractivity contribution in [1.82, 2.24) is 0 Å². The van der Waals surface area contributed by atoms with E-state index in [1.165, 1.54) is 51.4 Å². The minimum absolute atomic E-state index is 0.130. The zero-order valence-electron chi connectivity index (χ0n) is 21.8. The zero-order valence-corrected chi connectivity index (χ0v) is 21.8. The Balaban J connectivity index is 1.58. The zero-order chi connectivity index (χ0) is 22.6. The lowest BCUT2D eigenvalue weighted by atomic mass is 9.34. The highest BCUT2D eigenvalue weighted by molar-refractivity contribution is 5.85. The van der Waals surface area contributed by atoms with E-state index in [1.807, 2.05) is 11.1 Å². The van der Waals surface area contributed by atoms with Crippen LogP contribution >= 0.6 is 0 Å². The second kappa shape index (κ2) is 6.50. The Morgan fingerprint density at radius 3 is 2.10 bits per heavy atom. The average molecular weight is 425 g/mol. The van der Waals surface area contributed by atoms with Gasteiger partial charge in [-0.3, -0.25) is 4.79 Å². The lowest BCUT2D eigenvalue weighted by Crippen LogP contribution is -2.63. The van der Waals surface area contributed by atoms with Gasteiger partial charge < -0.3 is 0 Å². The molecule has 0 heterocycles. The first kappa shape index (κ1) is 22.2. The Bertz CT molecular complexity index is 831. The van der Waals surface area contributed by atoms with Crippen LogP contribution in [-0.2, 0) is 4.79 Å². The topological polar surface area (TPSA) is 17.1 Å². The van der Waals surface area contributed by atoms with E-state index in [0.717, 1.165) is 30.6 Å². The van der Waals surface area contributed by atoms with E-state index >= 15 is 0 Å². The van der Waals surface area contributed by atoms with Gasteiger partial charge in [-0.15, -0.1) is 0 Å². The van der Waals surface area contributed by atoms with E-state index in [9.17, 15) is 4.79 Å². The number of carbonyl (C=O) groups excluding carboxylic acids is 1. The smallest absolute Gasteiger partial charge is 0.138 e. The van der Waals surface area contributed by atoms with Gasteiger partial charge in [0.2, 0.25) is 0 Å². The van der Waals surface area contributed by atoms with Gasteiger partial charge in [0.25, 0.3) is 0 Å². The summed E-state index contributed by atoms with van der Waals surface area (Å²) in [6, 6.07) is 0. The van der Waals surface area contributed by atoms with Crippen LogP contribution in [0.1, 0.15) is 120 Å².